The molecule has 0 saturated carbocycles. The van der Waals surface area contributed by atoms with E-state index >= 15 is 0 Å². The zero-order chi connectivity index (χ0) is 16.3. The lowest BCUT2D eigenvalue weighted by molar-refractivity contribution is -0.142. The molecule has 1 aromatic carbocycles. The Kier molecular flexibility index (Phi) is 5.78. The molecule has 1 aromatic rings. The minimum Gasteiger partial charge on any atom is -0.481 e. The zero-order valence-corrected chi connectivity index (χ0v) is 13.8. The van der Waals surface area contributed by atoms with Crippen molar-refractivity contribution in [2.75, 3.05) is 6.54 Å². The Morgan fingerprint density at radius 1 is 1.29 bits per heavy atom. The number of hydrogen-bond donors (Lipinski definition) is 2. The van der Waals surface area contributed by atoms with Crippen molar-refractivity contribution in [3.8, 4) is 0 Å². The highest BCUT2D eigenvalue weighted by Gasteiger charge is 2.26. The molecule has 1 unspecified atom stereocenters. The first kappa shape index (κ1) is 17.9. The third-order valence-electron chi connectivity index (χ3n) is 2.85. The first-order valence-corrected chi connectivity index (χ1v) is 8.35. The first-order valence-electron chi connectivity index (χ1n) is 6.49. The second kappa shape index (κ2) is 6.77. The number of aliphatic carboxylic acids is 1. The van der Waals surface area contributed by atoms with Gasteiger partial charge in [0.05, 0.1) is 10.8 Å². The summed E-state index contributed by atoms with van der Waals surface area (Å²) in [6.45, 7) is 5.60. The predicted molar refractivity (Wildman–Crippen MR) is 81.8 cm³/mol. The summed E-state index contributed by atoms with van der Waals surface area (Å²) in [5.74, 6) is -1.78. The Bertz CT molecular complexity index is 590. The molecule has 0 heterocycles. The zero-order valence-electron chi connectivity index (χ0n) is 12.3. The molecular formula is C14H20ClNO4S. The summed E-state index contributed by atoms with van der Waals surface area (Å²) in [4.78, 5) is 11.3. The van der Waals surface area contributed by atoms with Gasteiger partial charge in [-0.3, -0.25) is 4.79 Å². The number of rotatable bonds is 6. The third-order valence-corrected chi connectivity index (χ3v) is 4.54. The number of nitrogens with one attached hydrogen (secondary N) is 1. The van der Waals surface area contributed by atoms with Gasteiger partial charge in [0.25, 0.3) is 0 Å². The second-order valence-corrected chi connectivity index (χ2v) is 8.31. The summed E-state index contributed by atoms with van der Waals surface area (Å²) in [6.07, 6.45) is 0.380. The molecular weight excluding hydrogens is 314 g/mol. The molecule has 0 radical (unpaired) electrons. The highest BCUT2D eigenvalue weighted by Crippen LogP contribution is 2.24. The first-order chi connectivity index (χ1) is 9.51. The molecule has 1 rings (SSSR count). The van der Waals surface area contributed by atoms with Crippen molar-refractivity contribution < 1.29 is 18.3 Å². The van der Waals surface area contributed by atoms with Crippen molar-refractivity contribution >= 4 is 27.6 Å². The van der Waals surface area contributed by atoms with Gasteiger partial charge in [-0.2, -0.15) is 0 Å². The number of sulfonamides is 1. The van der Waals surface area contributed by atoms with Crippen LogP contribution < -0.4 is 4.72 Å². The van der Waals surface area contributed by atoms with Gasteiger partial charge in [-0.15, -0.1) is 0 Å². The van der Waals surface area contributed by atoms with Crippen molar-refractivity contribution in [1.29, 1.82) is 0 Å². The van der Waals surface area contributed by atoms with Crippen molar-refractivity contribution in [3.05, 3.63) is 29.3 Å². The van der Waals surface area contributed by atoms with E-state index < -0.39 is 21.9 Å². The summed E-state index contributed by atoms with van der Waals surface area (Å²) < 4.78 is 26.5. The highest BCUT2D eigenvalue weighted by atomic mass is 35.5. The van der Waals surface area contributed by atoms with Gasteiger partial charge in [0.1, 0.15) is 0 Å². The molecule has 118 valence electrons. The molecule has 0 saturated heterocycles. The molecule has 21 heavy (non-hydrogen) atoms. The van der Waals surface area contributed by atoms with E-state index in [4.69, 9.17) is 11.6 Å². The van der Waals surface area contributed by atoms with Crippen LogP contribution in [0.4, 0.5) is 0 Å². The second-order valence-electron chi connectivity index (χ2n) is 6.11. The molecule has 0 aliphatic heterocycles. The van der Waals surface area contributed by atoms with Crippen LogP contribution in [0.2, 0.25) is 5.02 Å². The molecule has 0 bridgehead atoms. The maximum Gasteiger partial charge on any atom is 0.307 e. The predicted octanol–water partition coefficient (Wildman–Crippen LogP) is 2.76. The summed E-state index contributed by atoms with van der Waals surface area (Å²) in [7, 11) is -3.73. The van der Waals surface area contributed by atoms with Crippen LogP contribution in [0.25, 0.3) is 0 Å². The summed E-state index contributed by atoms with van der Waals surface area (Å²) in [6, 6.07) is 5.70. The maximum absolute atomic E-state index is 12.1. The largest absolute Gasteiger partial charge is 0.481 e. The average Bonchev–Trinajstić information content (AvgIpc) is 2.33. The molecule has 0 spiro atoms. The number of carbonyl (C=O) groups is 1. The Balaban J connectivity index is 2.79. The van der Waals surface area contributed by atoms with E-state index in [2.05, 4.69) is 4.72 Å². The quantitative estimate of drug-likeness (QED) is 0.838. The van der Waals surface area contributed by atoms with Crippen molar-refractivity contribution in [1.82, 2.24) is 4.72 Å². The number of carboxylic acids is 1. The molecule has 0 fully saturated rings. The molecule has 1 atom stereocenters. The van der Waals surface area contributed by atoms with E-state index in [1.165, 1.54) is 24.3 Å². The summed E-state index contributed by atoms with van der Waals surface area (Å²) in [5.41, 5.74) is -0.200. The van der Waals surface area contributed by atoms with Gasteiger partial charge in [-0.25, -0.2) is 13.1 Å². The number of hydrogen-bond acceptors (Lipinski definition) is 3. The van der Waals surface area contributed by atoms with Crippen molar-refractivity contribution in [2.24, 2.45) is 11.3 Å². The smallest absolute Gasteiger partial charge is 0.307 e. The molecule has 5 nitrogen and oxygen atoms in total. The van der Waals surface area contributed by atoms with Gasteiger partial charge in [0.2, 0.25) is 10.0 Å². The van der Waals surface area contributed by atoms with Gasteiger partial charge in [-0.05, 0) is 36.1 Å². The molecule has 0 amide bonds. The Labute approximate surface area is 130 Å². The fourth-order valence-corrected chi connectivity index (χ4v) is 3.10. The molecule has 7 heteroatoms. The van der Waals surface area contributed by atoms with Gasteiger partial charge in [0, 0.05) is 11.6 Å². The summed E-state index contributed by atoms with van der Waals surface area (Å²) >= 11 is 5.71. The Hall–Kier alpha value is -1.11. The van der Waals surface area contributed by atoms with Gasteiger partial charge in [-0.1, -0.05) is 32.4 Å². The summed E-state index contributed by atoms with van der Waals surface area (Å²) in [5, 5.41) is 9.62. The molecule has 0 aliphatic rings. The molecule has 0 aromatic heterocycles. The van der Waals surface area contributed by atoms with Crippen LogP contribution in [0, 0.1) is 11.3 Å². The van der Waals surface area contributed by atoms with Crippen molar-refractivity contribution in [3.63, 3.8) is 0 Å². The third kappa shape index (κ3) is 6.03. The van der Waals surface area contributed by atoms with Gasteiger partial charge < -0.3 is 5.11 Å². The van der Waals surface area contributed by atoms with E-state index in [1.807, 2.05) is 20.8 Å². The maximum atomic E-state index is 12.1. The normalized spacial score (nSPS) is 13.9. The van der Waals surface area contributed by atoms with E-state index in [1.54, 1.807) is 0 Å². The van der Waals surface area contributed by atoms with E-state index in [0.717, 1.165) is 0 Å². The van der Waals surface area contributed by atoms with E-state index in [0.29, 0.717) is 11.4 Å². The van der Waals surface area contributed by atoms with Crippen LogP contribution in [0.5, 0.6) is 0 Å². The van der Waals surface area contributed by atoms with Crippen LogP contribution in [-0.2, 0) is 14.8 Å². The lowest BCUT2D eigenvalue weighted by Gasteiger charge is -2.23. The average molecular weight is 334 g/mol. The minimum absolute atomic E-state index is 0.0618. The van der Waals surface area contributed by atoms with Crippen LogP contribution in [-0.4, -0.2) is 26.0 Å². The fourth-order valence-electron chi connectivity index (χ4n) is 1.89. The number of halogens is 1. The number of carboxylic acid groups (broad SMARTS) is 1. The van der Waals surface area contributed by atoms with Gasteiger partial charge >= 0.3 is 5.97 Å². The van der Waals surface area contributed by atoms with E-state index in [9.17, 15) is 18.3 Å². The van der Waals surface area contributed by atoms with Crippen molar-refractivity contribution in [2.45, 2.75) is 32.1 Å². The van der Waals surface area contributed by atoms with Crippen LogP contribution >= 0.6 is 11.6 Å². The Morgan fingerprint density at radius 3 is 2.24 bits per heavy atom. The lowest BCUT2D eigenvalue weighted by atomic mass is 9.85. The topological polar surface area (TPSA) is 83.5 Å². The number of benzene rings is 1. The van der Waals surface area contributed by atoms with Crippen LogP contribution in [0.15, 0.2) is 29.2 Å². The van der Waals surface area contributed by atoms with Crippen LogP contribution in [0.1, 0.15) is 27.2 Å². The van der Waals surface area contributed by atoms with Crippen LogP contribution in [0.3, 0.4) is 0 Å². The molecule has 2 N–H and O–H groups in total. The SMILES string of the molecule is CC(C)(C)CC(CNS(=O)(=O)c1ccc(Cl)cc1)C(=O)O. The standard InChI is InChI=1S/C14H20ClNO4S/c1-14(2,3)8-10(13(17)18)9-16-21(19,20)12-6-4-11(15)5-7-12/h4-7,10,16H,8-9H2,1-3H3,(H,17,18). The fraction of sp³-hybridized carbons (Fsp3) is 0.500. The minimum atomic E-state index is -3.73. The lowest BCUT2D eigenvalue weighted by Crippen LogP contribution is -2.35. The monoisotopic (exact) mass is 333 g/mol. The van der Waals surface area contributed by atoms with Gasteiger partial charge in [0.15, 0.2) is 0 Å². The Morgan fingerprint density at radius 2 is 1.81 bits per heavy atom. The highest BCUT2D eigenvalue weighted by molar-refractivity contribution is 7.89. The molecule has 0 aliphatic carbocycles. The van der Waals surface area contributed by atoms with E-state index in [-0.39, 0.29) is 16.9 Å².